The molecular weight excluding hydrogens is 362 g/mol. The number of benzene rings is 1. The first kappa shape index (κ1) is 16.9. The number of fused-ring (bicyclic) bond motifs is 1. The number of aromatic nitrogens is 2. The maximum atomic E-state index is 13.1. The topological polar surface area (TPSA) is 90.8 Å². The van der Waals surface area contributed by atoms with Gasteiger partial charge in [0.05, 0.1) is 11.7 Å². The summed E-state index contributed by atoms with van der Waals surface area (Å²) in [7, 11) is 0. The molecule has 1 unspecified atom stereocenters. The average Bonchev–Trinajstić information content (AvgIpc) is 3.47. The smallest absolute Gasteiger partial charge is 0.276 e. The fraction of sp³-hybridized carbons (Fsp3) is 0.350. The summed E-state index contributed by atoms with van der Waals surface area (Å²) in [6.45, 7) is 4.65. The molecular formula is C20H19N3O5. The van der Waals surface area contributed by atoms with Crippen molar-refractivity contribution >= 4 is 5.91 Å². The fourth-order valence-corrected chi connectivity index (χ4v) is 3.98. The first-order valence-corrected chi connectivity index (χ1v) is 9.22. The Morgan fingerprint density at radius 2 is 1.96 bits per heavy atom. The van der Waals surface area contributed by atoms with Gasteiger partial charge in [-0.25, -0.2) is 0 Å². The summed E-state index contributed by atoms with van der Waals surface area (Å²) in [5.74, 6) is 2.45. The summed E-state index contributed by atoms with van der Waals surface area (Å²) in [5.41, 5.74) is 2.87. The predicted octanol–water partition coefficient (Wildman–Crippen LogP) is 3.65. The zero-order valence-electron chi connectivity index (χ0n) is 15.6. The summed E-state index contributed by atoms with van der Waals surface area (Å²) in [6, 6.07) is 7.10. The van der Waals surface area contributed by atoms with Gasteiger partial charge in [0.15, 0.2) is 23.0 Å². The maximum absolute atomic E-state index is 13.1. The molecule has 1 saturated heterocycles. The number of carbonyl (C=O) groups is 1. The fourth-order valence-electron chi connectivity index (χ4n) is 3.98. The van der Waals surface area contributed by atoms with E-state index in [2.05, 4.69) is 10.3 Å². The lowest BCUT2D eigenvalue weighted by Crippen LogP contribution is -2.31. The van der Waals surface area contributed by atoms with Gasteiger partial charge in [-0.1, -0.05) is 10.3 Å². The van der Waals surface area contributed by atoms with Crippen molar-refractivity contribution in [3.05, 3.63) is 47.0 Å². The monoisotopic (exact) mass is 381 g/mol. The Balaban J connectivity index is 1.42. The number of rotatable bonds is 3. The van der Waals surface area contributed by atoms with Crippen LogP contribution >= 0.6 is 0 Å². The molecule has 1 amide bonds. The third kappa shape index (κ3) is 2.64. The van der Waals surface area contributed by atoms with Crippen LogP contribution in [-0.4, -0.2) is 34.5 Å². The number of likely N-dealkylation sites (tertiary alicyclic amines) is 1. The molecule has 0 radical (unpaired) electrons. The number of amides is 1. The standard InChI is InChI=1S/C20H19N3O5/c1-11-19(12(2)27-21-11)15-4-3-7-23(15)20(24)14-9-17(28-22-14)13-5-6-16-18(8-13)26-10-25-16/h5-6,8-9,15H,3-4,7,10H2,1-2H3. The van der Waals surface area contributed by atoms with Gasteiger partial charge in [0, 0.05) is 23.7 Å². The van der Waals surface area contributed by atoms with Crippen molar-refractivity contribution < 1.29 is 23.3 Å². The molecule has 4 heterocycles. The summed E-state index contributed by atoms with van der Waals surface area (Å²) >= 11 is 0. The van der Waals surface area contributed by atoms with E-state index in [0.717, 1.165) is 35.4 Å². The first-order chi connectivity index (χ1) is 13.6. The Hall–Kier alpha value is -3.29. The molecule has 8 heteroatoms. The van der Waals surface area contributed by atoms with Crippen molar-refractivity contribution in [2.24, 2.45) is 0 Å². The molecule has 8 nitrogen and oxygen atoms in total. The maximum Gasteiger partial charge on any atom is 0.276 e. The normalized spacial score (nSPS) is 18.1. The molecule has 5 rings (SSSR count). The van der Waals surface area contributed by atoms with E-state index < -0.39 is 0 Å². The molecule has 144 valence electrons. The Bertz CT molecular complexity index is 1030. The van der Waals surface area contributed by atoms with Crippen LogP contribution in [-0.2, 0) is 0 Å². The minimum Gasteiger partial charge on any atom is -0.454 e. The van der Waals surface area contributed by atoms with Gasteiger partial charge >= 0.3 is 0 Å². The highest BCUT2D eigenvalue weighted by Gasteiger charge is 2.35. The molecule has 1 atom stereocenters. The lowest BCUT2D eigenvalue weighted by molar-refractivity contribution is 0.0724. The second-order valence-corrected chi connectivity index (χ2v) is 7.04. The van der Waals surface area contributed by atoms with Crippen LogP contribution in [0.3, 0.4) is 0 Å². The van der Waals surface area contributed by atoms with Crippen LogP contribution in [0.25, 0.3) is 11.3 Å². The Morgan fingerprint density at radius 3 is 2.79 bits per heavy atom. The summed E-state index contributed by atoms with van der Waals surface area (Å²) < 4.78 is 21.5. The van der Waals surface area contributed by atoms with Crippen LogP contribution in [0.5, 0.6) is 11.5 Å². The molecule has 0 saturated carbocycles. The second-order valence-electron chi connectivity index (χ2n) is 7.04. The zero-order chi connectivity index (χ0) is 19.3. The van der Waals surface area contributed by atoms with Crippen LogP contribution in [0.2, 0.25) is 0 Å². The Kier molecular flexibility index (Phi) is 3.85. The van der Waals surface area contributed by atoms with Crippen molar-refractivity contribution in [2.45, 2.75) is 32.7 Å². The molecule has 1 fully saturated rings. The lowest BCUT2D eigenvalue weighted by Gasteiger charge is -2.23. The van der Waals surface area contributed by atoms with Gasteiger partial charge in [0.1, 0.15) is 5.76 Å². The van der Waals surface area contributed by atoms with Crippen molar-refractivity contribution in [2.75, 3.05) is 13.3 Å². The highest BCUT2D eigenvalue weighted by atomic mass is 16.7. The van der Waals surface area contributed by atoms with Crippen LogP contribution in [0, 0.1) is 13.8 Å². The van der Waals surface area contributed by atoms with Gasteiger partial charge in [-0.05, 0) is 44.9 Å². The van der Waals surface area contributed by atoms with Crippen LogP contribution in [0.4, 0.5) is 0 Å². The van der Waals surface area contributed by atoms with Gasteiger partial charge < -0.3 is 23.4 Å². The van der Waals surface area contributed by atoms with Crippen LogP contribution < -0.4 is 9.47 Å². The van der Waals surface area contributed by atoms with Crippen molar-refractivity contribution in [1.29, 1.82) is 0 Å². The minimum absolute atomic E-state index is 0.0514. The van der Waals surface area contributed by atoms with E-state index in [-0.39, 0.29) is 24.4 Å². The highest BCUT2D eigenvalue weighted by Crippen LogP contribution is 2.38. The van der Waals surface area contributed by atoms with Crippen molar-refractivity contribution in [1.82, 2.24) is 15.2 Å². The van der Waals surface area contributed by atoms with Crippen molar-refractivity contribution in [3.8, 4) is 22.8 Å². The lowest BCUT2D eigenvalue weighted by atomic mass is 10.0. The molecule has 1 aromatic carbocycles. The van der Waals surface area contributed by atoms with E-state index in [0.29, 0.717) is 23.8 Å². The number of hydrogen-bond donors (Lipinski definition) is 0. The van der Waals surface area contributed by atoms with Crippen LogP contribution in [0.1, 0.15) is 46.4 Å². The van der Waals surface area contributed by atoms with Gasteiger partial charge in [-0.3, -0.25) is 4.79 Å². The van der Waals surface area contributed by atoms with Gasteiger partial charge in [-0.15, -0.1) is 0 Å². The summed E-state index contributed by atoms with van der Waals surface area (Å²) in [4.78, 5) is 14.9. The molecule has 2 aliphatic heterocycles. The Morgan fingerprint density at radius 1 is 1.11 bits per heavy atom. The largest absolute Gasteiger partial charge is 0.454 e. The Labute approximate surface area is 161 Å². The minimum atomic E-state index is -0.154. The van der Waals surface area contributed by atoms with E-state index in [1.54, 1.807) is 6.07 Å². The third-order valence-corrected chi connectivity index (χ3v) is 5.32. The van der Waals surface area contributed by atoms with E-state index in [9.17, 15) is 4.79 Å². The number of nitrogens with zero attached hydrogens (tertiary/aromatic N) is 3. The SMILES string of the molecule is Cc1noc(C)c1C1CCCN1C(=O)c1cc(-c2ccc3c(c2)OCO3)on1. The molecule has 0 N–H and O–H groups in total. The van der Waals surface area contributed by atoms with Gasteiger partial charge in [0.2, 0.25) is 6.79 Å². The number of hydrogen-bond acceptors (Lipinski definition) is 7. The molecule has 2 aliphatic rings. The molecule has 3 aromatic rings. The molecule has 28 heavy (non-hydrogen) atoms. The molecule has 0 spiro atoms. The number of aryl methyl sites for hydroxylation is 2. The third-order valence-electron chi connectivity index (χ3n) is 5.32. The highest BCUT2D eigenvalue weighted by molar-refractivity contribution is 5.93. The molecule has 0 aliphatic carbocycles. The molecule has 0 bridgehead atoms. The van der Waals surface area contributed by atoms with Crippen molar-refractivity contribution in [3.63, 3.8) is 0 Å². The van der Waals surface area contributed by atoms with Crippen LogP contribution in [0.15, 0.2) is 33.3 Å². The predicted molar refractivity (Wildman–Crippen MR) is 97.1 cm³/mol. The van der Waals surface area contributed by atoms with E-state index in [1.807, 2.05) is 36.9 Å². The zero-order valence-corrected chi connectivity index (χ0v) is 15.6. The summed E-state index contributed by atoms with van der Waals surface area (Å²) in [5, 5.41) is 8.04. The number of ether oxygens (including phenoxy) is 2. The van der Waals surface area contributed by atoms with E-state index in [1.165, 1.54) is 0 Å². The first-order valence-electron chi connectivity index (χ1n) is 9.22. The van der Waals surface area contributed by atoms with Gasteiger partial charge in [0.25, 0.3) is 5.91 Å². The molecule has 2 aromatic heterocycles. The van der Waals surface area contributed by atoms with E-state index >= 15 is 0 Å². The van der Waals surface area contributed by atoms with Gasteiger partial charge in [-0.2, -0.15) is 0 Å². The summed E-state index contributed by atoms with van der Waals surface area (Å²) in [6.07, 6.45) is 1.80. The quantitative estimate of drug-likeness (QED) is 0.684. The number of carbonyl (C=O) groups excluding carboxylic acids is 1. The average molecular weight is 381 g/mol. The van der Waals surface area contributed by atoms with E-state index in [4.69, 9.17) is 18.5 Å². The second kappa shape index (κ2) is 6.40.